The summed E-state index contributed by atoms with van der Waals surface area (Å²) in [5.74, 6) is 9.57. The Morgan fingerprint density at radius 1 is 0.703 bits per heavy atom. The van der Waals surface area contributed by atoms with Crippen molar-refractivity contribution in [3.8, 4) is 39.5 Å². The minimum Gasteiger partial charge on any atom is -0.333 e. The predicted octanol–water partition coefficient (Wildman–Crippen LogP) is 14.9. The summed E-state index contributed by atoms with van der Waals surface area (Å²) in [6, 6.07) is 50.5. The van der Waals surface area contributed by atoms with Crippen molar-refractivity contribution in [2.45, 2.75) is 83.5 Å². The average molecular weight is 1100 g/mol. The van der Waals surface area contributed by atoms with Crippen LogP contribution in [0, 0.1) is 17.4 Å². The first kappa shape index (κ1) is 47.0. The van der Waals surface area contributed by atoms with Crippen molar-refractivity contribution in [2.75, 3.05) is 0 Å². The first-order valence-electron chi connectivity index (χ1n) is 22.4. The predicted molar refractivity (Wildman–Crippen MR) is 271 cm³/mol. The van der Waals surface area contributed by atoms with Crippen molar-refractivity contribution in [2.24, 2.45) is 5.92 Å². The largest absolute Gasteiger partial charge is 0.333 e. The summed E-state index contributed by atoms with van der Waals surface area (Å²) >= 11 is -0.194. The molecule has 327 valence electrons. The number of nitrogens with zero attached hydrogens (tertiary/aromatic N) is 4. The van der Waals surface area contributed by atoms with E-state index in [1.165, 1.54) is 49.2 Å². The maximum absolute atomic E-state index is 5.30. The van der Waals surface area contributed by atoms with Crippen LogP contribution in [-0.4, -0.2) is 32.8 Å². The fourth-order valence-electron chi connectivity index (χ4n) is 8.53. The van der Waals surface area contributed by atoms with Crippen molar-refractivity contribution in [1.29, 1.82) is 0 Å². The summed E-state index contributed by atoms with van der Waals surface area (Å²) in [4.78, 5) is 14.6. The van der Waals surface area contributed by atoms with Crippen LogP contribution in [0.2, 0.25) is 17.3 Å². The summed E-state index contributed by atoms with van der Waals surface area (Å²) in [5, 5.41) is 4.86. The summed E-state index contributed by atoms with van der Waals surface area (Å²) in [5.41, 5.74) is 15.5. The van der Waals surface area contributed by atoms with Gasteiger partial charge in [0.25, 0.3) is 0 Å². The van der Waals surface area contributed by atoms with E-state index < -0.39 is 13.3 Å². The Balaban J connectivity index is 0.000000246. The van der Waals surface area contributed by atoms with E-state index in [-0.39, 0.29) is 20.1 Å². The molecular formula is C57H58GeIrN4S-2. The van der Waals surface area contributed by atoms with Crippen molar-refractivity contribution in [1.82, 2.24) is 19.5 Å². The van der Waals surface area contributed by atoms with Crippen LogP contribution in [0.1, 0.15) is 81.3 Å². The van der Waals surface area contributed by atoms with E-state index in [9.17, 15) is 0 Å². The first-order chi connectivity index (χ1) is 30.4. The van der Waals surface area contributed by atoms with Gasteiger partial charge in [-0.3, -0.25) is 21.3 Å². The van der Waals surface area contributed by atoms with E-state index in [1.807, 2.05) is 30.5 Å². The Kier molecular flexibility index (Phi) is 15.0. The minimum atomic E-state index is -1.86. The van der Waals surface area contributed by atoms with Crippen LogP contribution >= 0.6 is 11.3 Å². The van der Waals surface area contributed by atoms with E-state index in [0.717, 1.165) is 52.2 Å². The molecule has 64 heavy (non-hydrogen) atoms. The average Bonchev–Trinajstić information content (AvgIpc) is 3.87. The molecule has 0 spiro atoms. The zero-order valence-corrected chi connectivity index (χ0v) is 43.8. The molecule has 9 rings (SSSR count). The normalized spacial score (nSPS) is 11.6. The number of pyridine rings is 2. The van der Waals surface area contributed by atoms with E-state index in [2.05, 4.69) is 195 Å². The van der Waals surface area contributed by atoms with Crippen molar-refractivity contribution in [3.63, 3.8) is 0 Å². The van der Waals surface area contributed by atoms with Gasteiger partial charge in [0, 0.05) is 44.1 Å². The molecule has 0 unspecified atom stereocenters. The molecule has 4 nitrogen and oxygen atoms in total. The van der Waals surface area contributed by atoms with Gasteiger partial charge in [-0.1, -0.05) is 110 Å². The molecule has 0 saturated carbocycles. The molecule has 7 heteroatoms. The van der Waals surface area contributed by atoms with Gasteiger partial charge < -0.3 is 4.57 Å². The topological polar surface area (TPSA) is 43.6 Å². The summed E-state index contributed by atoms with van der Waals surface area (Å²) < 4.78 is 5.17. The number of para-hydroxylation sites is 2. The Hall–Kier alpha value is -4.98. The standard InChI is InChI=1S/C39H34N3S.C18H24GeN.Ir/c1-25(2)31-22-29(28-12-6-5-7-13-28)23-32(26(3)4)38(31)42-36-16-9-8-15-35(36)41-39(42)34-24-43-37-18-17-27(21-33(34)37)20-30-14-10-11-19-40-30;1-14(2)11-16-12-18(15-9-7-6-8-10-15)20-13-17(16)19(3,4)5;/h5-19,21-23,25-26H,20H2,1-4H3;6-9,12-14H,11H2,1-5H3;/q2*-1;. The molecule has 0 atom stereocenters. The smallest absolute Gasteiger partial charge is 0.0774 e. The molecule has 4 aromatic heterocycles. The second-order valence-corrected chi connectivity index (χ2v) is 30.1. The van der Waals surface area contributed by atoms with E-state index in [0.29, 0.717) is 17.8 Å². The third-order valence-electron chi connectivity index (χ3n) is 11.6. The van der Waals surface area contributed by atoms with Crippen molar-refractivity contribution >= 4 is 50.1 Å². The molecule has 0 aliphatic rings. The molecule has 4 heterocycles. The molecule has 0 bridgehead atoms. The van der Waals surface area contributed by atoms with Gasteiger partial charge in [0.2, 0.25) is 0 Å². The number of hydrogen-bond acceptors (Lipinski definition) is 4. The van der Waals surface area contributed by atoms with Crippen molar-refractivity contribution < 1.29 is 20.1 Å². The van der Waals surface area contributed by atoms with Gasteiger partial charge in [-0.15, -0.1) is 11.5 Å². The second-order valence-electron chi connectivity index (χ2n) is 18.7. The molecule has 5 aromatic carbocycles. The maximum Gasteiger partial charge on any atom is 0.0774 e. The van der Waals surface area contributed by atoms with Crippen molar-refractivity contribution in [3.05, 3.63) is 185 Å². The number of imidazole rings is 1. The molecule has 0 N–H and O–H groups in total. The SMILES string of the molecule is CC(C)Cc1cc(-c2[c-]cccc2)nc[c]1[Ge]([CH3])([CH3])[CH3].CC(C)c1cc(-c2ccccc2)cc(C(C)C)c1-n1c(-c2[c-]sc3ccc(Cc4ccccn4)cc23)nc2ccccc21.[Ir]. The van der Waals surface area contributed by atoms with Gasteiger partial charge >= 0.3 is 126 Å². The fraction of sp³-hybridized carbons (Fsp3) is 0.246. The number of benzene rings is 5. The third-order valence-corrected chi connectivity index (χ3v) is 16.8. The van der Waals surface area contributed by atoms with Crippen LogP contribution in [0.3, 0.4) is 0 Å². The fourth-order valence-corrected chi connectivity index (χ4v) is 12.7. The minimum absolute atomic E-state index is 0. The van der Waals surface area contributed by atoms with Gasteiger partial charge in [0.1, 0.15) is 0 Å². The van der Waals surface area contributed by atoms with Crippen LogP contribution in [-0.2, 0) is 32.9 Å². The van der Waals surface area contributed by atoms with Crippen LogP contribution < -0.4 is 4.40 Å². The van der Waals surface area contributed by atoms with Gasteiger partial charge in [-0.2, -0.15) is 0 Å². The quantitative estimate of drug-likeness (QED) is 0.0958. The number of fused-ring (bicyclic) bond motifs is 2. The number of rotatable bonds is 11. The Morgan fingerprint density at radius 2 is 1.41 bits per heavy atom. The molecule has 0 saturated heterocycles. The molecule has 0 aliphatic carbocycles. The Bertz CT molecular complexity index is 2940. The molecule has 1 radical (unpaired) electrons. The molecular weight excluding hydrogens is 1040 g/mol. The molecule has 0 amide bonds. The summed E-state index contributed by atoms with van der Waals surface area (Å²) in [6.45, 7) is 13.8. The summed E-state index contributed by atoms with van der Waals surface area (Å²) in [7, 11) is 0. The van der Waals surface area contributed by atoms with E-state index in [4.69, 9.17) is 9.97 Å². The first-order valence-corrected chi connectivity index (χ1v) is 30.5. The van der Waals surface area contributed by atoms with E-state index in [1.54, 1.807) is 15.7 Å². The van der Waals surface area contributed by atoms with Gasteiger partial charge in [-0.25, -0.2) is 0 Å². The zero-order valence-electron chi connectivity index (χ0n) is 38.5. The van der Waals surface area contributed by atoms with Gasteiger partial charge in [0.15, 0.2) is 0 Å². The monoisotopic (exact) mass is 1100 g/mol. The Morgan fingerprint density at radius 3 is 2.06 bits per heavy atom. The van der Waals surface area contributed by atoms with Gasteiger partial charge in [0.05, 0.1) is 16.9 Å². The number of aromatic nitrogens is 4. The number of thiophene rings is 1. The Labute approximate surface area is 401 Å². The second kappa shape index (κ2) is 20.5. The third kappa shape index (κ3) is 10.4. The van der Waals surface area contributed by atoms with Gasteiger partial charge in [-0.05, 0) is 70.5 Å². The van der Waals surface area contributed by atoms with Crippen LogP contribution in [0.25, 0.3) is 60.6 Å². The van der Waals surface area contributed by atoms with Crippen LogP contribution in [0.4, 0.5) is 0 Å². The van der Waals surface area contributed by atoms with Crippen LogP contribution in [0.5, 0.6) is 0 Å². The molecule has 9 aromatic rings. The molecule has 0 fully saturated rings. The molecule has 0 aliphatic heterocycles. The zero-order chi connectivity index (χ0) is 44.3. The number of hydrogen-bond donors (Lipinski definition) is 0. The summed E-state index contributed by atoms with van der Waals surface area (Å²) in [6.07, 6.45) is 5.92. The van der Waals surface area contributed by atoms with Crippen LogP contribution in [0.15, 0.2) is 146 Å². The van der Waals surface area contributed by atoms with E-state index >= 15 is 0 Å². The maximum atomic E-state index is 5.30.